The van der Waals surface area contributed by atoms with E-state index in [9.17, 15) is 0 Å². The lowest BCUT2D eigenvalue weighted by atomic mass is 10.2. The Bertz CT molecular complexity index is 218. The molecule has 1 heterocycles. The first-order valence-corrected chi connectivity index (χ1v) is 4.55. The van der Waals surface area contributed by atoms with Crippen LogP contribution >= 0.6 is 11.3 Å². The van der Waals surface area contributed by atoms with Gasteiger partial charge in [0.1, 0.15) is 0 Å². The van der Waals surface area contributed by atoms with E-state index in [1.54, 1.807) is 11.3 Å². The largest absolute Gasteiger partial charge is 0.316 e. The van der Waals surface area contributed by atoms with Gasteiger partial charge in [0.15, 0.2) is 0 Å². The van der Waals surface area contributed by atoms with Gasteiger partial charge in [-0.2, -0.15) is 5.48 Å². The van der Waals surface area contributed by atoms with Crippen LogP contribution in [0.2, 0.25) is 0 Å². The van der Waals surface area contributed by atoms with Gasteiger partial charge in [0.05, 0.1) is 6.04 Å². The van der Waals surface area contributed by atoms with Gasteiger partial charge < -0.3 is 5.21 Å². The Morgan fingerprint density at radius 2 is 2.36 bits per heavy atom. The zero-order valence-corrected chi connectivity index (χ0v) is 7.61. The second kappa shape index (κ2) is 3.85. The van der Waals surface area contributed by atoms with Crippen LogP contribution in [-0.2, 0) is 0 Å². The van der Waals surface area contributed by atoms with Crippen LogP contribution in [0.5, 0.6) is 0 Å². The molecule has 1 rings (SSSR count). The summed E-state index contributed by atoms with van der Waals surface area (Å²) in [6.45, 7) is 4.11. The average Bonchev–Trinajstić information content (AvgIpc) is 2.39. The molecule has 62 valence electrons. The molecule has 2 nitrogen and oxygen atoms in total. The van der Waals surface area contributed by atoms with E-state index < -0.39 is 0 Å². The SMILES string of the molecule is CC[C@@H](NO)c1ccc(C)s1. The summed E-state index contributed by atoms with van der Waals surface area (Å²) in [5.41, 5.74) is 2.29. The summed E-state index contributed by atoms with van der Waals surface area (Å²) in [6.07, 6.45) is 0.913. The summed E-state index contributed by atoms with van der Waals surface area (Å²) in [5, 5.41) is 8.75. The van der Waals surface area contributed by atoms with Crippen LogP contribution in [0.1, 0.15) is 29.1 Å². The second-order valence-electron chi connectivity index (χ2n) is 2.54. The van der Waals surface area contributed by atoms with Crippen molar-refractivity contribution in [1.29, 1.82) is 0 Å². The molecule has 3 heteroatoms. The maximum absolute atomic E-state index is 8.75. The van der Waals surface area contributed by atoms with E-state index >= 15 is 0 Å². The lowest BCUT2D eigenvalue weighted by Crippen LogP contribution is -2.14. The minimum atomic E-state index is 0.105. The summed E-state index contributed by atoms with van der Waals surface area (Å²) in [7, 11) is 0. The summed E-state index contributed by atoms with van der Waals surface area (Å²) < 4.78 is 0. The highest BCUT2D eigenvalue weighted by atomic mass is 32.1. The Balaban J connectivity index is 2.73. The number of hydrogen-bond donors (Lipinski definition) is 2. The Morgan fingerprint density at radius 1 is 1.64 bits per heavy atom. The molecule has 0 aliphatic heterocycles. The lowest BCUT2D eigenvalue weighted by Gasteiger charge is -2.08. The van der Waals surface area contributed by atoms with Crippen molar-refractivity contribution in [3.05, 3.63) is 21.9 Å². The standard InChI is InChI=1S/C8H13NOS/c1-3-7(9-10)8-5-4-6(2)11-8/h4-5,7,9-10H,3H2,1-2H3/t7-/m1/s1. The highest BCUT2D eigenvalue weighted by Crippen LogP contribution is 2.24. The van der Waals surface area contributed by atoms with E-state index in [0.717, 1.165) is 6.42 Å². The van der Waals surface area contributed by atoms with Crippen LogP contribution in [0.4, 0.5) is 0 Å². The van der Waals surface area contributed by atoms with Crippen molar-refractivity contribution < 1.29 is 5.21 Å². The second-order valence-corrected chi connectivity index (χ2v) is 3.86. The molecule has 0 radical (unpaired) electrons. The van der Waals surface area contributed by atoms with Gasteiger partial charge in [0, 0.05) is 9.75 Å². The Morgan fingerprint density at radius 3 is 2.73 bits per heavy atom. The minimum Gasteiger partial charge on any atom is -0.316 e. The van der Waals surface area contributed by atoms with Crippen LogP contribution < -0.4 is 5.48 Å². The number of aryl methyl sites for hydroxylation is 1. The quantitative estimate of drug-likeness (QED) is 0.685. The van der Waals surface area contributed by atoms with Gasteiger partial charge in [0.2, 0.25) is 0 Å². The van der Waals surface area contributed by atoms with Crippen molar-refractivity contribution in [2.45, 2.75) is 26.3 Å². The lowest BCUT2D eigenvalue weighted by molar-refractivity contribution is 0.125. The van der Waals surface area contributed by atoms with Gasteiger partial charge in [-0.15, -0.1) is 11.3 Å². The fourth-order valence-corrected chi connectivity index (χ4v) is 2.00. The number of hydrogen-bond acceptors (Lipinski definition) is 3. The van der Waals surface area contributed by atoms with Gasteiger partial charge in [-0.1, -0.05) is 6.92 Å². The highest BCUT2D eigenvalue weighted by Gasteiger charge is 2.08. The first-order chi connectivity index (χ1) is 5.27. The molecule has 1 aromatic heterocycles. The van der Waals surface area contributed by atoms with Crippen LogP contribution in [-0.4, -0.2) is 5.21 Å². The fourth-order valence-electron chi connectivity index (χ4n) is 0.997. The normalized spacial score (nSPS) is 13.4. The predicted octanol–water partition coefficient (Wildman–Crippen LogP) is 2.49. The van der Waals surface area contributed by atoms with Gasteiger partial charge >= 0.3 is 0 Å². The van der Waals surface area contributed by atoms with E-state index in [2.05, 4.69) is 24.5 Å². The van der Waals surface area contributed by atoms with E-state index in [1.807, 2.05) is 6.92 Å². The van der Waals surface area contributed by atoms with Crippen molar-refractivity contribution in [3.63, 3.8) is 0 Å². The van der Waals surface area contributed by atoms with Gasteiger partial charge in [-0.25, -0.2) is 0 Å². The maximum Gasteiger partial charge on any atom is 0.0659 e. The van der Waals surface area contributed by atoms with Gasteiger partial charge in [-0.05, 0) is 25.5 Å². The molecule has 0 bridgehead atoms. The Kier molecular flexibility index (Phi) is 3.05. The van der Waals surface area contributed by atoms with E-state index in [4.69, 9.17) is 5.21 Å². The van der Waals surface area contributed by atoms with Crippen LogP contribution in [0.15, 0.2) is 12.1 Å². The smallest absolute Gasteiger partial charge is 0.0659 e. The molecular formula is C8H13NOS. The van der Waals surface area contributed by atoms with Crippen LogP contribution in [0.25, 0.3) is 0 Å². The summed E-state index contributed by atoms with van der Waals surface area (Å²) in [5.74, 6) is 0. The van der Waals surface area contributed by atoms with E-state index in [1.165, 1.54) is 9.75 Å². The van der Waals surface area contributed by atoms with Crippen molar-refractivity contribution >= 4 is 11.3 Å². The zero-order valence-electron chi connectivity index (χ0n) is 6.79. The van der Waals surface area contributed by atoms with E-state index in [0.29, 0.717) is 0 Å². The Hall–Kier alpha value is -0.380. The summed E-state index contributed by atoms with van der Waals surface area (Å²) >= 11 is 1.72. The number of rotatable bonds is 3. The number of nitrogens with one attached hydrogen (secondary N) is 1. The van der Waals surface area contributed by atoms with Crippen molar-refractivity contribution in [2.24, 2.45) is 0 Å². The number of thiophene rings is 1. The summed E-state index contributed by atoms with van der Waals surface area (Å²) in [4.78, 5) is 2.49. The first kappa shape index (κ1) is 8.71. The van der Waals surface area contributed by atoms with Gasteiger partial charge in [-0.3, -0.25) is 0 Å². The van der Waals surface area contributed by atoms with Crippen LogP contribution in [0.3, 0.4) is 0 Å². The average molecular weight is 171 g/mol. The van der Waals surface area contributed by atoms with E-state index in [-0.39, 0.29) is 6.04 Å². The monoisotopic (exact) mass is 171 g/mol. The fraction of sp³-hybridized carbons (Fsp3) is 0.500. The molecule has 0 amide bonds. The topological polar surface area (TPSA) is 32.3 Å². The molecule has 0 aliphatic carbocycles. The molecule has 1 aromatic rings. The minimum absolute atomic E-state index is 0.105. The third kappa shape index (κ3) is 2.02. The van der Waals surface area contributed by atoms with Crippen molar-refractivity contribution in [2.75, 3.05) is 0 Å². The van der Waals surface area contributed by atoms with Crippen LogP contribution in [0, 0.1) is 6.92 Å². The third-order valence-electron chi connectivity index (χ3n) is 1.67. The highest BCUT2D eigenvalue weighted by molar-refractivity contribution is 7.12. The first-order valence-electron chi connectivity index (χ1n) is 3.74. The van der Waals surface area contributed by atoms with Crippen molar-refractivity contribution in [1.82, 2.24) is 5.48 Å². The Labute approximate surface area is 70.8 Å². The van der Waals surface area contributed by atoms with Crippen molar-refractivity contribution in [3.8, 4) is 0 Å². The molecule has 0 fully saturated rings. The molecule has 0 saturated carbocycles. The molecule has 2 N–H and O–H groups in total. The predicted molar refractivity (Wildman–Crippen MR) is 47.0 cm³/mol. The molecule has 1 atom stereocenters. The number of hydroxylamine groups is 1. The molecule has 0 aliphatic rings. The molecule has 11 heavy (non-hydrogen) atoms. The molecule has 0 spiro atoms. The maximum atomic E-state index is 8.75. The molecule has 0 unspecified atom stereocenters. The molecular weight excluding hydrogens is 158 g/mol. The zero-order chi connectivity index (χ0) is 8.27. The summed E-state index contributed by atoms with van der Waals surface area (Å²) in [6, 6.07) is 4.23. The van der Waals surface area contributed by atoms with Gasteiger partial charge in [0.25, 0.3) is 0 Å². The molecule has 0 aromatic carbocycles. The molecule has 0 saturated heterocycles. The third-order valence-corrected chi connectivity index (χ3v) is 2.78.